The van der Waals surface area contributed by atoms with Gasteiger partial charge in [-0.3, -0.25) is 0 Å². The number of carboxylic acids is 1. The predicted octanol–water partition coefficient (Wildman–Crippen LogP) is 4.64. The van der Waals surface area contributed by atoms with Crippen molar-refractivity contribution in [1.82, 2.24) is 9.55 Å². The standard InChI is InChI=1S/C20H13BrF4N2O4/c21-12-7-11-14(8-13(12)22)31-5-4-27-16(15(19(29)30)26-18(11)27)17(28)9-2-1-3-10(6-9)20(23,24)25/h1-3,6-8,17,28H,4-5H2,(H,29,30). The molecular formula is C20H13BrF4N2O4. The van der Waals surface area contributed by atoms with E-state index < -0.39 is 35.3 Å². The summed E-state index contributed by atoms with van der Waals surface area (Å²) >= 11 is 3.06. The highest BCUT2D eigenvalue weighted by molar-refractivity contribution is 9.10. The summed E-state index contributed by atoms with van der Waals surface area (Å²) in [6, 6.07) is 6.47. The lowest BCUT2D eigenvalue weighted by atomic mass is 10.0. The molecule has 1 aliphatic heterocycles. The molecule has 0 fully saturated rings. The average molecular weight is 501 g/mol. The van der Waals surface area contributed by atoms with Gasteiger partial charge in [0, 0.05) is 6.07 Å². The number of aliphatic hydroxyl groups is 1. The van der Waals surface area contributed by atoms with Crippen molar-refractivity contribution in [2.45, 2.75) is 18.8 Å². The lowest BCUT2D eigenvalue weighted by Gasteiger charge is -2.17. The molecule has 0 bridgehead atoms. The highest BCUT2D eigenvalue weighted by atomic mass is 79.9. The number of rotatable bonds is 3. The monoisotopic (exact) mass is 500 g/mol. The third kappa shape index (κ3) is 3.79. The largest absolute Gasteiger partial charge is 0.491 e. The molecule has 2 N–H and O–H groups in total. The van der Waals surface area contributed by atoms with Gasteiger partial charge in [0.1, 0.15) is 30.1 Å². The first-order chi connectivity index (χ1) is 14.6. The van der Waals surface area contributed by atoms with E-state index in [2.05, 4.69) is 20.9 Å². The number of hydrogen-bond donors (Lipinski definition) is 2. The quantitative estimate of drug-likeness (QED) is 0.511. The molecule has 1 aliphatic rings. The third-order valence-corrected chi connectivity index (χ3v) is 5.44. The Morgan fingerprint density at radius 3 is 2.68 bits per heavy atom. The second-order valence-corrected chi connectivity index (χ2v) is 7.62. The molecule has 6 nitrogen and oxygen atoms in total. The first-order valence-corrected chi connectivity index (χ1v) is 9.68. The van der Waals surface area contributed by atoms with E-state index in [0.29, 0.717) is 0 Å². The molecule has 0 saturated carbocycles. The number of alkyl halides is 3. The van der Waals surface area contributed by atoms with Gasteiger partial charge in [0.05, 0.1) is 27.8 Å². The number of aromatic nitrogens is 2. The molecule has 31 heavy (non-hydrogen) atoms. The summed E-state index contributed by atoms with van der Waals surface area (Å²) < 4.78 is 60.2. The molecule has 0 radical (unpaired) electrons. The van der Waals surface area contributed by atoms with Gasteiger partial charge in [-0.05, 0) is 39.7 Å². The Hall–Kier alpha value is -2.92. The normalized spacial score (nSPS) is 14.3. The molecule has 11 heteroatoms. The molecule has 1 aromatic heterocycles. The number of ether oxygens (including phenoxy) is 1. The maximum atomic E-state index is 13.9. The summed E-state index contributed by atoms with van der Waals surface area (Å²) in [6.45, 7) is 0.0354. The molecule has 0 saturated heterocycles. The van der Waals surface area contributed by atoms with Crippen molar-refractivity contribution in [1.29, 1.82) is 0 Å². The second-order valence-electron chi connectivity index (χ2n) is 6.76. The average Bonchev–Trinajstić information content (AvgIpc) is 3.00. The third-order valence-electron chi connectivity index (χ3n) is 4.83. The van der Waals surface area contributed by atoms with Crippen LogP contribution in [-0.2, 0) is 12.7 Å². The molecule has 1 unspecified atom stereocenters. The maximum absolute atomic E-state index is 13.9. The van der Waals surface area contributed by atoms with E-state index in [1.165, 1.54) is 16.7 Å². The second kappa shape index (κ2) is 7.65. The molecule has 0 spiro atoms. The summed E-state index contributed by atoms with van der Waals surface area (Å²) in [7, 11) is 0. The SMILES string of the molecule is O=C(O)c1nc2n(c1C(O)c1cccc(C(F)(F)F)c1)CCOc1cc(F)c(Br)cc1-2. The lowest BCUT2D eigenvalue weighted by molar-refractivity contribution is -0.137. The van der Waals surface area contributed by atoms with E-state index in [9.17, 15) is 32.6 Å². The number of hydrogen-bond acceptors (Lipinski definition) is 4. The number of benzene rings is 2. The molecule has 0 amide bonds. The zero-order chi connectivity index (χ0) is 22.5. The van der Waals surface area contributed by atoms with Gasteiger partial charge in [-0.25, -0.2) is 14.2 Å². The fraction of sp³-hybridized carbons (Fsp3) is 0.200. The van der Waals surface area contributed by atoms with E-state index in [1.807, 2.05) is 0 Å². The highest BCUT2D eigenvalue weighted by Gasteiger charge is 2.34. The van der Waals surface area contributed by atoms with Crippen molar-refractivity contribution in [3.63, 3.8) is 0 Å². The summed E-state index contributed by atoms with van der Waals surface area (Å²) in [4.78, 5) is 16.0. The number of carbonyl (C=O) groups is 1. The topological polar surface area (TPSA) is 84.6 Å². The lowest BCUT2D eigenvalue weighted by Crippen LogP contribution is -2.16. The molecule has 2 heterocycles. The molecule has 1 atom stereocenters. The van der Waals surface area contributed by atoms with Crippen LogP contribution in [-0.4, -0.2) is 32.3 Å². The van der Waals surface area contributed by atoms with Gasteiger partial charge in [0.25, 0.3) is 0 Å². The first-order valence-electron chi connectivity index (χ1n) is 8.89. The Labute approximate surface area is 180 Å². The van der Waals surface area contributed by atoms with E-state index in [0.717, 1.165) is 24.3 Å². The maximum Gasteiger partial charge on any atom is 0.416 e. The fourth-order valence-corrected chi connectivity index (χ4v) is 3.79. The Morgan fingerprint density at radius 2 is 2.00 bits per heavy atom. The fourth-order valence-electron chi connectivity index (χ4n) is 3.44. The van der Waals surface area contributed by atoms with Gasteiger partial charge in [-0.2, -0.15) is 13.2 Å². The number of aromatic carboxylic acids is 1. The van der Waals surface area contributed by atoms with E-state index in [-0.39, 0.29) is 46.0 Å². The summed E-state index contributed by atoms with van der Waals surface area (Å²) in [5.41, 5.74) is -1.57. The number of fused-ring (bicyclic) bond motifs is 3. The van der Waals surface area contributed by atoms with Crippen LogP contribution in [0.3, 0.4) is 0 Å². The first kappa shape index (κ1) is 21.3. The Bertz CT molecular complexity index is 1190. The molecule has 162 valence electrons. The minimum atomic E-state index is -4.64. The van der Waals surface area contributed by atoms with Crippen LogP contribution < -0.4 is 4.74 Å². The minimum Gasteiger partial charge on any atom is -0.491 e. The number of halogens is 5. The van der Waals surface area contributed by atoms with Crippen LogP contribution in [0.5, 0.6) is 5.75 Å². The van der Waals surface area contributed by atoms with Crippen molar-refractivity contribution in [3.05, 3.63) is 69.2 Å². The van der Waals surface area contributed by atoms with Gasteiger partial charge in [0.2, 0.25) is 0 Å². The van der Waals surface area contributed by atoms with Gasteiger partial charge in [0.15, 0.2) is 5.69 Å². The van der Waals surface area contributed by atoms with Crippen molar-refractivity contribution >= 4 is 21.9 Å². The summed E-state index contributed by atoms with van der Waals surface area (Å²) in [5.74, 6) is -1.85. The summed E-state index contributed by atoms with van der Waals surface area (Å²) in [6.07, 6.45) is -6.34. The molecule has 2 aromatic carbocycles. The van der Waals surface area contributed by atoms with E-state index >= 15 is 0 Å². The van der Waals surface area contributed by atoms with Crippen molar-refractivity contribution < 1.29 is 37.3 Å². The zero-order valence-corrected chi connectivity index (χ0v) is 17.0. The van der Waals surface area contributed by atoms with Gasteiger partial charge in [-0.15, -0.1) is 0 Å². The number of imidazole rings is 1. The number of carboxylic acid groups (broad SMARTS) is 1. The van der Waals surface area contributed by atoms with Crippen LogP contribution in [0.4, 0.5) is 17.6 Å². The molecular weight excluding hydrogens is 488 g/mol. The molecule has 4 rings (SSSR count). The van der Waals surface area contributed by atoms with Gasteiger partial charge < -0.3 is 19.5 Å². The van der Waals surface area contributed by atoms with Crippen LogP contribution in [0.25, 0.3) is 11.4 Å². The van der Waals surface area contributed by atoms with E-state index in [1.54, 1.807) is 0 Å². The van der Waals surface area contributed by atoms with Crippen LogP contribution in [0.15, 0.2) is 40.9 Å². The Morgan fingerprint density at radius 1 is 1.26 bits per heavy atom. The van der Waals surface area contributed by atoms with Crippen LogP contribution >= 0.6 is 15.9 Å². The summed E-state index contributed by atoms with van der Waals surface area (Å²) in [5, 5.41) is 20.5. The Kier molecular flexibility index (Phi) is 5.26. The predicted molar refractivity (Wildman–Crippen MR) is 103 cm³/mol. The Balaban J connectivity index is 1.91. The van der Waals surface area contributed by atoms with Crippen LogP contribution in [0.2, 0.25) is 0 Å². The zero-order valence-electron chi connectivity index (χ0n) is 15.5. The smallest absolute Gasteiger partial charge is 0.416 e. The number of aliphatic hydroxyl groups excluding tert-OH is 1. The minimum absolute atomic E-state index is 0.00119. The molecule has 0 aliphatic carbocycles. The van der Waals surface area contributed by atoms with Gasteiger partial charge >= 0.3 is 12.1 Å². The van der Waals surface area contributed by atoms with Crippen LogP contribution in [0.1, 0.15) is 33.4 Å². The van der Waals surface area contributed by atoms with Crippen molar-refractivity contribution in [2.75, 3.05) is 6.61 Å². The molecule has 3 aromatic rings. The highest BCUT2D eigenvalue weighted by Crippen LogP contribution is 2.39. The van der Waals surface area contributed by atoms with Crippen LogP contribution in [0, 0.1) is 5.82 Å². The van der Waals surface area contributed by atoms with Gasteiger partial charge in [-0.1, -0.05) is 12.1 Å². The number of nitrogens with zero attached hydrogens (tertiary/aromatic N) is 2. The van der Waals surface area contributed by atoms with E-state index in [4.69, 9.17) is 4.74 Å². The van der Waals surface area contributed by atoms with Crippen molar-refractivity contribution in [2.24, 2.45) is 0 Å². The van der Waals surface area contributed by atoms with Crippen molar-refractivity contribution in [3.8, 4) is 17.1 Å².